The highest BCUT2D eigenvalue weighted by Gasteiger charge is 2.12. The molecule has 3 rings (SSSR count). The molecule has 0 aliphatic rings. The fourth-order valence-electron chi connectivity index (χ4n) is 2.19. The van der Waals surface area contributed by atoms with Crippen LogP contribution in [-0.4, -0.2) is 19.7 Å². The summed E-state index contributed by atoms with van der Waals surface area (Å²) in [6.45, 7) is 3.97. The highest BCUT2D eigenvalue weighted by molar-refractivity contribution is 5.46. The molecule has 2 heterocycles. The molecule has 0 unspecified atom stereocenters. The summed E-state index contributed by atoms with van der Waals surface area (Å²) in [7, 11) is 0. The van der Waals surface area contributed by atoms with Crippen LogP contribution in [0.3, 0.4) is 0 Å². The Morgan fingerprint density at radius 3 is 2.58 bits per heavy atom. The molecular weight excluding hydrogens is 238 g/mol. The molecule has 0 amide bonds. The van der Waals surface area contributed by atoms with Crippen LogP contribution in [0.1, 0.15) is 22.4 Å². The molecule has 4 heteroatoms. The average molecular weight is 253 g/mol. The summed E-state index contributed by atoms with van der Waals surface area (Å²) in [5.41, 5.74) is 4.71. The van der Waals surface area contributed by atoms with Crippen molar-refractivity contribution in [3.63, 3.8) is 0 Å². The van der Waals surface area contributed by atoms with Crippen molar-refractivity contribution in [2.75, 3.05) is 0 Å². The molecule has 2 aromatic heterocycles. The molecule has 0 fully saturated rings. The topological polar surface area (TPSA) is 50.4 Å². The van der Waals surface area contributed by atoms with Crippen molar-refractivity contribution < 1.29 is 5.11 Å². The monoisotopic (exact) mass is 253 g/mol. The molecule has 1 aromatic carbocycles. The molecule has 0 saturated heterocycles. The van der Waals surface area contributed by atoms with E-state index in [1.54, 1.807) is 12.3 Å². The van der Waals surface area contributed by atoms with Crippen molar-refractivity contribution in [3.05, 3.63) is 58.9 Å². The van der Waals surface area contributed by atoms with E-state index in [4.69, 9.17) is 0 Å². The molecule has 0 atom stereocenters. The van der Waals surface area contributed by atoms with Gasteiger partial charge in [-0.2, -0.15) is 9.61 Å². The molecule has 0 bridgehead atoms. The normalized spacial score (nSPS) is 11.1. The van der Waals surface area contributed by atoms with Gasteiger partial charge in [-0.25, -0.2) is 4.98 Å². The molecule has 0 radical (unpaired) electrons. The van der Waals surface area contributed by atoms with Crippen LogP contribution in [0, 0.1) is 13.8 Å². The van der Waals surface area contributed by atoms with Gasteiger partial charge in [-0.05, 0) is 19.4 Å². The Morgan fingerprint density at radius 2 is 1.84 bits per heavy atom. The molecule has 0 aliphatic heterocycles. The standard InChI is InChI=1S/C15H15N3O/c1-10-3-5-12(6-4-10)9-13-11(2)17-14-7-8-16-18(14)15(13)19/h3-8,19H,9H2,1-2H3. The zero-order valence-electron chi connectivity index (χ0n) is 11.0. The van der Waals surface area contributed by atoms with Gasteiger partial charge in [0.25, 0.3) is 0 Å². The number of nitrogens with zero attached hydrogens (tertiary/aromatic N) is 3. The zero-order valence-corrected chi connectivity index (χ0v) is 11.0. The number of aryl methyl sites for hydroxylation is 2. The lowest BCUT2D eigenvalue weighted by Crippen LogP contribution is -2.02. The largest absolute Gasteiger partial charge is 0.493 e. The van der Waals surface area contributed by atoms with E-state index in [1.165, 1.54) is 10.1 Å². The summed E-state index contributed by atoms with van der Waals surface area (Å²) in [4.78, 5) is 4.45. The summed E-state index contributed by atoms with van der Waals surface area (Å²) in [6.07, 6.45) is 2.29. The van der Waals surface area contributed by atoms with Crippen LogP contribution >= 0.6 is 0 Å². The van der Waals surface area contributed by atoms with Crippen LogP contribution in [0.2, 0.25) is 0 Å². The summed E-state index contributed by atoms with van der Waals surface area (Å²) in [5, 5.41) is 14.4. The third-order valence-electron chi connectivity index (χ3n) is 3.31. The molecule has 96 valence electrons. The van der Waals surface area contributed by atoms with Gasteiger partial charge in [-0.3, -0.25) is 0 Å². The third kappa shape index (κ3) is 2.05. The Morgan fingerprint density at radius 1 is 1.11 bits per heavy atom. The van der Waals surface area contributed by atoms with Crippen LogP contribution < -0.4 is 0 Å². The highest BCUT2D eigenvalue weighted by atomic mass is 16.3. The van der Waals surface area contributed by atoms with Crippen LogP contribution in [0.15, 0.2) is 36.5 Å². The smallest absolute Gasteiger partial charge is 0.219 e. The predicted molar refractivity (Wildman–Crippen MR) is 73.4 cm³/mol. The third-order valence-corrected chi connectivity index (χ3v) is 3.31. The van der Waals surface area contributed by atoms with Gasteiger partial charge in [-0.1, -0.05) is 29.8 Å². The molecular formula is C15H15N3O. The van der Waals surface area contributed by atoms with E-state index >= 15 is 0 Å². The second kappa shape index (κ2) is 4.39. The first-order valence-electron chi connectivity index (χ1n) is 6.23. The SMILES string of the molecule is Cc1ccc(Cc2c(C)nc3ccnn3c2O)cc1. The van der Waals surface area contributed by atoms with Gasteiger partial charge in [0.05, 0.1) is 6.20 Å². The van der Waals surface area contributed by atoms with Crippen LogP contribution in [-0.2, 0) is 6.42 Å². The van der Waals surface area contributed by atoms with Crippen molar-refractivity contribution in [3.8, 4) is 5.88 Å². The lowest BCUT2D eigenvalue weighted by atomic mass is 10.0. The van der Waals surface area contributed by atoms with Gasteiger partial charge >= 0.3 is 0 Å². The molecule has 0 aliphatic carbocycles. The Kier molecular flexibility index (Phi) is 2.71. The Labute approximate surface area is 111 Å². The summed E-state index contributed by atoms with van der Waals surface area (Å²) in [5.74, 6) is 0.174. The van der Waals surface area contributed by atoms with Crippen molar-refractivity contribution >= 4 is 5.65 Å². The van der Waals surface area contributed by atoms with Crippen LogP contribution in [0.4, 0.5) is 0 Å². The lowest BCUT2D eigenvalue weighted by Gasteiger charge is -2.09. The number of fused-ring (bicyclic) bond motifs is 1. The minimum absolute atomic E-state index is 0.174. The molecule has 4 nitrogen and oxygen atoms in total. The van der Waals surface area contributed by atoms with Crippen LogP contribution in [0.5, 0.6) is 5.88 Å². The fourth-order valence-corrected chi connectivity index (χ4v) is 2.19. The highest BCUT2D eigenvalue weighted by Crippen LogP contribution is 2.23. The number of aromatic nitrogens is 3. The van der Waals surface area contributed by atoms with E-state index in [2.05, 4.69) is 41.3 Å². The van der Waals surface area contributed by atoms with Crippen molar-refractivity contribution in [2.45, 2.75) is 20.3 Å². The Bertz CT molecular complexity index is 729. The first-order valence-corrected chi connectivity index (χ1v) is 6.23. The van der Waals surface area contributed by atoms with E-state index in [0.717, 1.165) is 16.8 Å². The number of hydrogen-bond acceptors (Lipinski definition) is 3. The average Bonchev–Trinajstić information content (AvgIpc) is 2.85. The minimum atomic E-state index is 0.174. The van der Waals surface area contributed by atoms with Gasteiger partial charge < -0.3 is 5.11 Å². The van der Waals surface area contributed by atoms with Gasteiger partial charge in [-0.15, -0.1) is 0 Å². The number of hydrogen-bond donors (Lipinski definition) is 1. The first kappa shape index (κ1) is 11.7. The minimum Gasteiger partial charge on any atom is -0.493 e. The Balaban J connectivity index is 2.06. The maximum absolute atomic E-state index is 10.3. The maximum Gasteiger partial charge on any atom is 0.219 e. The quantitative estimate of drug-likeness (QED) is 0.763. The predicted octanol–water partition coefficient (Wildman–Crippen LogP) is 2.64. The number of aromatic hydroxyl groups is 1. The lowest BCUT2D eigenvalue weighted by molar-refractivity contribution is 0.428. The van der Waals surface area contributed by atoms with E-state index in [0.29, 0.717) is 12.1 Å². The van der Waals surface area contributed by atoms with Gasteiger partial charge in [0.1, 0.15) is 0 Å². The maximum atomic E-state index is 10.3. The Hall–Kier alpha value is -2.36. The fraction of sp³-hybridized carbons (Fsp3) is 0.200. The molecule has 0 spiro atoms. The molecule has 3 aromatic rings. The van der Waals surface area contributed by atoms with Crippen LogP contribution in [0.25, 0.3) is 5.65 Å². The molecule has 1 N–H and O–H groups in total. The summed E-state index contributed by atoms with van der Waals surface area (Å²) >= 11 is 0. The van der Waals surface area contributed by atoms with E-state index in [1.807, 2.05) is 6.92 Å². The summed E-state index contributed by atoms with van der Waals surface area (Å²) in [6, 6.07) is 10.1. The second-order valence-corrected chi connectivity index (χ2v) is 4.76. The van der Waals surface area contributed by atoms with Gasteiger partial charge in [0, 0.05) is 23.7 Å². The molecule has 0 saturated carbocycles. The van der Waals surface area contributed by atoms with Crippen molar-refractivity contribution in [2.24, 2.45) is 0 Å². The van der Waals surface area contributed by atoms with Gasteiger partial charge in [0.2, 0.25) is 5.88 Å². The number of benzene rings is 1. The van der Waals surface area contributed by atoms with Gasteiger partial charge in [0.15, 0.2) is 5.65 Å². The molecule has 19 heavy (non-hydrogen) atoms. The van der Waals surface area contributed by atoms with Crippen molar-refractivity contribution in [1.29, 1.82) is 0 Å². The zero-order chi connectivity index (χ0) is 13.4. The first-order chi connectivity index (χ1) is 9.15. The van der Waals surface area contributed by atoms with E-state index < -0.39 is 0 Å². The van der Waals surface area contributed by atoms with E-state index in [-0.39, 0.29) is 5.88 Å². The van der Waals surface area contributed by atoms with Crippen molar-refractivity contribution in [1.82, 2.24) is 14.6 Å². The number of rotatable bonds is 2. The second-order valence-electron chi connectivity index (χ2n) is 4.76. The van der Waals surface area contributed by atoms with E-state index in [9.17, 15) is 5.11 Å². The summed E-state index contributed by atoms with van der Waals surface area (Å²) < 4.78 is 1.47.